The van der Waals surface area contributed by atoms with Crippen LogP contribution in [0, 0.1) is 0 Å². The molecule has 0 saturated heterocycles. The molecular weight excluding hydrogens is 304 g/mol. The van der Waals surface area contributed by atoms with Crippen LogP contribution in [0.4, 0.5) is 5.69 Å². The second-order valence-electron chi connectivity index (χ2n) is 5.43. The first-order valence-electron chi connectivity index (χ1n) is 7.44. The highest BCUT2D eigenvalue weighted by atomic mass is 32.2. The van der Waals surface area contributed by atoms with Crippen LogP contribution in [0.3, 0.4) is 0 Å². The van der Waals surface area contributed by atoms with Crippen molar-refractivity contribution >= 4 is 27.5 Å². The van der Waals surface area contributed by atoms with Gasteiger partial charge in [-0.2, -0.15) is 11.8 Å². The van der Waals surface area contributed by atoms with Gasteiger partial charge in [-0.1, -0.05) is 6.92 Å². The van der Waals surface area contributed by atoms with Crippen molar-refractivity contribution in [3.63, 3.8) is 0 Å². The molecule has 4 nitrogen and oxygen atoms in total. The van der Waals surface area contributed by atoms with Gasteiger partial charge < -0.3 is 5.32 Å². The largest absolute Gasteiger partial charge is 0.382 e. The van der Waals surface area contributed by atoms with Crippen LogP contribution >= 0.6 is 11.8 Å². The predicted octanol–water partition coefficient (Wildman–Crippen LogP) is 3.07. The first-order chi connectivity index (χ1) is 10.0. The second kappa shape index (κ2) is 7.51. The standard InChI is InChI=1S/C15H24N2O2S2/c1-3-10-16-21(18,19)15-8-5-12(6-9-15)17-13-4-7-14(11-13)20-2/h5-6,8-9,13-14,16-17H,3-4,7,10-11H2,1-2H3. The highest BCUT2D eigenvalue weighted by molar-refractivity contribution is 7.99. The molecule has 1 aromatic rings. The average molecular weight is 329 g/mol. The molecular formula is C15H24N2O2S2. The zero-order valence-electron chi connectivity index (χ0n) is 12.6. The highest BCUT2D eigenvalue weighted by Crippen LogP contribution is 2.30. The average Bonchev–Trinajstić information content (AvgIpc) is 2.93. The Balaban J connectivity index is 1.96. The summed E-state index contributed by atoms with van der Waals surface area (Å²) in [6.45, 7) is 2.42. The van der Waals surface area contributed by atoms with Gasteiger partial charge in [-0.05, 0) is 56.2 Å². The monoisotopic (exact) mass is 328 g/mol. The van der Waals surface area contributed by atoms with E-state index in [-0.39, 0.29) is 0 Å². The second-order valence-corrected chi connectivity index (χ2v) is 8.34. The number of hydrogen-bond acceptors (Lipinski definition) is 4. The van der Waals surface area contributed by atoms with E-state index in [2.05, 4.69) is 16.3 Å². The third-order valence-electron chi connectivity index (χ3n) is 3.80. The third-order valence-corrected chi connectivity index (χ3v) is 6.37. The van der Waals surface area contributed by atoms with Crippen LogP contribution in [0.25, 0.3) is 0 Å². The van der Waals surface area contributed by atoms with Gasteiger partial charge in [-0.3, -0.25) is 0 Å². The molecule has 2 rings (SSSR count). The Hall–Kier alpha value is -0.720. The molecule has 0 aliphatic heterocycles. The number of rotatable bonds is 7. The summed E-state index contributed by atoms with van der Waals surface area (Å²) in [6.07, 6.45) is 6.57. The van der Waals surface area contributed by atoms with Gasteiger partial charge in [0.2, 0.25) is 10.0 Å². The van der Waals surface area contributed by atoms with Gasteiger partial charge in [0.05, 0.1) is 4.90 Å². The molecule has 21 heavy (non-hydrogen) atoms. The zero-order chi connectivity index (χ0) is 15.3. The van der Waals surface area contributed by atoms with Gasteiger partial charge in [0.1, 0.15) is 0 Å². The van der Waals surface area contributed by atoms with E-state index < -0.39 is 10.0 Å². The molecule has 6 heteroatoms. The van der Waals surface area contributed by atoms with Gasteiger partial charge >= 0.3 is 0 Å². The van der Waals surface area contributed by atoms with Crippen LogP contribution in [-0.2, 0) is 10.0 Å². The molecule has 0 radical (unpaired) electrons. The van der Waals surface area contributed by atoms with Crippen molar-refractivity contribution in [1.29, 1.82) is 0 Å². The molecule has 1 saturated carbocycles. The fourth-order valence-electron chi connectivity index (χ4n) is 2.57. The Kier molecular flexibility index (Phi) is 5.96. The van der Waals surface area contributed by atoms with Crippen molar-refractivity contribution in [2.75, 3.05) is 18.1 Å². The molecule has 2 unspecified atom stereocenters. The summed E-state index contributed by atoms with van der Waals surface area (Å²) in [4.78, 5) is 0.329. The van der Waals surface area contributed by atoms with Gasteiger partial charge in [0.15, 0.2) is 0 Å². The minimum absolute atomic E-state index is 0.329. The van der Waals surface area contributed by atoms with Crippen molar-refractivity contribution < 1.29 is 8.42 Å². The summed E-state index contributed by atoms with van der Waals surface area (Å²) in [7, 11) is -3.36. The van der Waals surface area contributed by atoms with Crippen molar-refractivity contribution in [3.8, 4) is 0 Å². The van der Waals surface area contributed by atoms with E-state index in [4.69, 9.17) is 0 Å². The Bertz CT molecular complexity index is 543. The Morgan fingerprint density at radius 3 is 2.52 bits per heavy atom. The number of benzene rings is 1. The van der Waals surface area contributed by atoms with Crippen molar-refractivity contribution in [2.45, 2.75) is 48.8 Å². The summed E-state index contributed by atoms with van der Waals surface area (Å²) in [5.74, 6) is 0. The SMILES string of the molecule is CCCNS(=O)(=O)c1ccc(NC2CCC(SC)C2)cc1. The van der Waals surface area contributed by atoms with Gasteiger partial charge in [0.25, 0.3) is 0 Å². The highest BCUT2D eigenvalue weighted by Gasteiger charge is 2.23. The number of nitrogens with one attached hydrogen (secondary N) is 2. The lowest BCUT2D eigenvalue weighted by atomic mass is 10.2. The molecule has 1 aliphatic rings. The Morgan fingerprint density at radius 1 is 1.24 bits per heavy atom. The third kappa shape index (κ3) is 4.63. The van der Waals surface area contributed by atoms with E-state index in [1.165, 1.54) is 19.3 Å². The molecule has 118 valence electrons. The molecule has 0 heterocycles. The fourth-order valence-corrected chi connectivity index (χ4v) is 4.50. The van der Waals surface area contributed by atoms with Crippen molar-refractivity contribution in [1.82, 2.24) is 4.72 Å². The fraction of sp³-hybridized carbons (Fsp3) is 0.600. The van der Waals surface area contributed by atoms with Crippen molar-refractivity contribution in [3.05, 3.63) is 24.3 Å². The van der Waals surface area contributed by atoms with Crippen LogP contribution < -0.4 is 10.0 Å². The van der Waals surface area contributed by atoms with Crippen LogP contribution in [-0.4, -0.2) is 32.5 Å². The summed E-state index contributed by atoms with van der Waals surface area (Å²) >= 11 is 1.93. The van der Waals surface area contributed by atoms with E-state index in [0.717, 1.165) is 17.4 Å². The number of sulfonamides is 1. The van der Waals surface area contributed by atoms with Gasteiger partial charge in [-0.15, -0.1) is 0 Å². The number of thioether (sulfide) groups is 1. The minimum Gasteiger partial charge on any atom is -0.382 e. The van der Waals surface area contributed by atoms with Crippen LogP contribution in [0.2, 0.25) is 0 Å². The van der Waals surface area contributed by atoms with E-state index >= 15 is 0 Å². The molecule has 1 fully saturated rings. The zero-order valence-corrected chi connectivity index (χ0v) is 14.3. The molecule has 0 spiro atoms. The molecule has 1 aliphatic carbocycles. The number of anilines is 1. The Labute approximate surface area is 132 Å². The predicted molar refractivity (Wildman–Crippen MR) is 90.5 cm³/mol. The first kappa shape index (κ1) is 16.6. The minimum atomic E-state index is -3.36. The maximum Gasteiger partial charge on any atom is 0.240 e. The van der Waals surface area contributed by atoms with Gasteiger partial charge in [0, 0.05) is 23.5 Å². The molecule has 0 bridgehead atoms. The van der Waals surface area contributed by atoms with Crippen LogP contribution in [0.15, 0.2) is 29.2 Å². The number of hydrogen-bond donors (Lipinski definition) is 2. The topological polar surface area (TPSA) is 58.2 Å². The summed E-state index contributed by atoms with van der Waals surface area (Å²) < 4.78 is 26.6. The molecule has 2 atom stereocenters. The lowest BCUT2D eigenvalue weighted by Crippen LogP contribution is -2.24. The smallest absolute Gasteiger partial charge is 0.240 e. The van der Waals surface area contributed by atoms with Crippen LogP contribution in [0.1, 0.15) is 32.6 Å². The summed E-state index contributed by atoms with van der Waals surface area (Å²) in [5.41, 5.74) is 0.996. The molecule has 1 aromatic carbocycles. The lowest BCUT2D eigenvalue weighted by molar-refractivity contribution is 0.581. The first-order valence-corrected chi connectivity index (χ1v) is 10.2. The maximum atomic E-state index is 12.0. The van der Waals surface area contributed by atoms with E-state index in [1.54, 1.807) is 12.1 Å². The van der Waals surface area contributed by atoms with E-state index in [9.17, 15) is 8.42 Å². The quantitative estimate of drug-likeness (QED) is 0.807. The summed E-state index contributed by atoms with van der Waals surface area (Å²) in [6, 6.07) is 7.55. The Morgan fingerprint density at radius 2 is 1.95 bits per heavy atom. The van der Waals surface area contributed by atoms with Crippen LogP contribution in [0.5, 0.6) is 0 Å². The van der Waals surface area contributed by atoms with E-state index in [0.29, 0.717) is 17.5 Å². The molecule has 2 N–H and O–H groups in total. The summed E-state index contributed by atoms with van der Waals surface area (Å²) in [5, 5.41) is 4.25. The van der Waals surface area contributed by atoms with Crippen molar-refractivity contribution in [2.24, 2.45) is 0 Å². The maximum absolute atomic E-state index is 12.0. The normalized spacial score (nSPS) is 22.4. The molecule has 0 amide bonds. The lowest BCUT2D eigenvalue weighted by Gasteiger charge is -2.14. The molecule has 0 aromatic heterocycles. The van der Waals surface area contributed by atoms with Gasteiger partial charge in [-0.25, -0.2) is 13.1 Å². The van der Waals surface area contributed by atoms with E-state index in [1.807, 2.05) is 30.8 Å².